The number of anilines is 1. The number of hydrogen-bond donors (Lipinski definition) is 0. The third kappa shape index (κ3) is 3.87. The second-order valence-electron chi connectivity index (χ2n) is 6.83. The highest BCUT2D eigenvalue weighted by molar-refractivity contribution is 7.89. The molecule has 7 nitrogen and oxygen atoms in total. The molecule has 2 aromatic heterocycles. The number of sulfonamides is 1. The number of halogens is 1. The smallest absolute Gasteiger partial charge is 0.246 e. The minimum Gasteiger partial charge on any atom is -0.291 e. The number of piperidine rings is 1. The molecule has 0 saturated carbocycles. The molecule has 0 N–H and O–H groups in total. The summed E-state index contributed by atoms with van der Waals surface area (Å²) < 4.78 is 28.1. The highest BCUT2D eigenvalue weighted by Crippen LogP contribution is 2.31. The number of nitrogens with zero attached hydrogens (tertiary/aromatic N) is 4. The van der Waals surface area contributed by atoms with E-state index in [9.17, 15) is 13.2 Å². The minimum absolute atomic E-state index is 0.00182. The van der Waals surface area contributed by atoms with Crippen molar-refractivity contribution in [2.24, 2.45) is 5.92 Å². The fourth-order valence-electron chi connectivity index (χ4n) is 3.42. The standard InChI is InChI=1S/C19H19ClN4O3S2/c1-23(19-22-14-5-2-3-6-15(14)28-19)18(25)13-8-11-24(12-9-13)29(26,27)16-7-4-10-21-17(16)20/h2-7,10,13H,8-9,11-12H2,1H3. The van der Waals surface area contributed by atoms with Gasteiger partial charge in [0, 0.05) is 32.3 Å². The average molecular weight is 451 g/mol. The first kappa shape index (κ1) is 20.2. The molecule has 0 atom stereocenters. The number of thiazole rings is 1. The molecule has 0 aliphatic carbocycles. The lowest BCUT2D eigenvalue weighted by Gasteiger charge is -2.32. The zero-order chi connectivity index (χ0) is 20.6. The van der Waals surface area contributed by atoms with Crippen LogP contribution in [-0.4, -0.2) is 48.7 Å². The molecule has 10 heteroatoms. The maximum Gasteiger partial charge on any atom is 0.246 e. The second-order valence-corrected chi connectivity index (χ2v) is 10.1. The molecule has 1 aliphatic rings. The summed E-state index contributed by atoms with van der Waals surface area (Å²) in [5.41, 5.74) is 0.862. The van der Waals surface area contributed by atoms with Crippen molar-refractivity contribution in [2.75, 3.05) is 25.0 Å². The monoisotopic (exact) mass is 450 g/mol. The zero-order valence-electron chi connectivity index (χ0n) is 15.7. The number of benzene rings is 1. The van der Waals surface area contributed by atoms with E-state index in [4.69, 9.17) is 11.6 Å². The lowest BCUT2D eigenvalue weighted by Crippen LogP contribution is -2.43. The molecule has 1 fully saturated rings. The van der Waals surface area contributed by atoms with Crippen molar-refractivity contribution in [2.45, 2.75) is 17.7 Å². The van der Waals surface area contributed by atoms with Gasteiger partial charge in [-0.05, 0) is 37.1 Å². The zero-order valence-corrected chi connectivity index (χ0v) is 18.0. The van der Waals surface area contributed by atoms with Crippen LogP contribution in [-0.2, 0) is 14.8 Å². The Hall–Kier alpha value is -2.07. The third-order valence-electron chi connectivity index (χ3n) is 5.05. The van der Waals surface area contributed by atoms with Gasteiger partial charge in [0.25, 0.3) is 0 Å². The summed E-state index contributed by atoms with van der Waals surface area (Å²) in [7, 11) is -2.01. The lowest BCUT2D eigenvalue weighted by atomic mass is 9.97. The van der Waals surface area contributed by atoms with E-state index in [2.05, 4.69) is 9.97 Å². The molecular weight excluding hydrogens is 432 g/mol. The number of rotatable bonds is 4. The van der Waals surface area contributed by atoms with E-state index >= 15 is 0 Å². The van der Waals surface area contributed by atoms with E-state index in [1.807, 2.05) is 24.3 Å². The molecule has 1 amide bonds. The van der Waals surface area contributed by atoms with Gasteiger partial charge >= 0.3 is 0 Å². The van der Waals surface area contributed by atoms with Crippen molar-refractivity contribution < 1.29 is 13.2 Å². The number of pyridine rings is 1. The quantitative estimate of drug-likeness (QED) is 0.569. The predicted molar refractivity (Wildman–Crippen MR) is 114 cm³/mol. The molecule has 0 spiro atoms. The van der Waals surface area contributed by atoms with E-state index in [1.54, 1.807) is 18.0 Å². The predicted octanol–water partition coefficient (Wildman–Crippen LogP) is 3.41. The van der Waals surface area contributed by atoms with E-state index in [-0.39, 0.29) is 35.0 Å². The van der Waals surface area contributed by atoms with Gasteiger partial charge in [-0.15, -0.1) is 0 Å². The van der Waals surface area contributed by atoms with E-state index in [1.165, 1.54) is 27.9 Å². The summed E-state index contributed by atoms with van der Waals surface area (Å²) in [4.78, 5) is 22.9. The van der Waals surface area contributed by atoms with Crippen LogP contribution in [0.25, 0.3) is 10.2 Å². The van der Waals surface area contributed by atoms with Crippen molar-refractivity contribution in [1.29, 1.82) is 0 Å². The van der Waals surface area contributed by atoms with Crippen LogP contribution in [0.15, 0.2) is 47.5 Å². The highest BCUT2D eigenvalue weighted by atomic mass is 35.5. The average Bonchev–Trinajstić information content (AvgIpc) is 3.17. The number of carbonyl (C=O) groups excluding carboxylic acids is 1. The second kappa shape index (κ2) is 7.98. The molecule has 3 aromatic rings. The van der Waals surface area contributed by atoms with E-state index in [0.717, 1.165) is 10.2 Å². The van der Waals surface area contributed by atoms with Crippen LogP contribution in [0.5, 0.6) is 0 Å². The van der Waals surface area contributed by atoms with Gasteiger partial charge < -0.3 is 0 Å². The van der Waals surface area contributed by atoms with Crippen LogP contribution >= 0.6 is 22.9 Å². The molecule has 1 aliphatic heterocycles. The van der Waals surface area contributed by atoms with Gasteiger partial charge in [0.15, 0.2) is 5.13 Å². The van der Waals surface area contributed by atoms with Crippen molar-refractivity contribution in [3.8, 4) is 0 Å². The van der Waals surface area contributed by atoms with Gasteiger partial charge in [-0.3, -0.25) is 9.69 Å². The first-order valence-electron chi connectivity index (χ1n) is 9.12. The van der Waals surface area contributed by atoms with Crippen LogP contribution in [0.1, 0.15) is 12.8 Å². The Morgan fingerprint density at radius 1 is 1.21 bits per heavy atom. The van der Waals surface area contributed by atoms with Crippen molar-refractivity contribution >= 4 is 54.2 Å². The normalized spacial score (nSPS) is 16.2. The van der Waals surface area contributed by atoms with Crippen molar-refractivity contribution in [1.82, 2.24) is 14.3 Å². The number of carbonyl (C=O) groups is 1. The Bertz CT molecular complexity index is 1120. The van der Waals surface area contributed by atoms with Crippen LogP contribution < -0.4 is 4.90 Å². The van der Waals surface area contributed by atoms with Crippen molar-refractivity contribution in [3.05, 3.63) is 47.7 Å². The maximum atomic E-state index is 12.9. The van der Waals surface area contributed by atoms with Gasteiger partial charge in [-0.1, -0.05) is 35.1 Å². The molecular formula is C19H19ClN4O3S2. The van der Waals surface area contributed by atoms with Crippen LogP contribution in [0.3, 0.4) is 0 Å². The van der Waals surface area contributed by atoms with Crippen LogP contribution in [0.4, 0.5) is 5.13 Å². The van der Waals surface area contributed by atoms with E-state index in [0.29, 0.717) is 18.0 Å². The van der Waals surface area contributed by atoms with Gasteiger partial charge in [-0.25, -0.2) is 18.4 Å². The summed E-state index contributed by atoms with van der Waals surface area (Å²) in [5.74, 6) is -0.289. The molecule has 0 bridgehead atoms. The van der Waals surface area contributed by atoms with Crippen molar-refractivity contribution in [3.63, 3.8) is 0 Å². The summed E-state index contributed by atoms with van der Waals surface area (Å²) in [6.45, 7) is 0.523. The molecule has 4 rings (SSSR count). The molecule has 0 unspecified atom stereocenters. The Kier molecular flexibility index (Phi) is 5.56. The van der Waals surface area contributed by atoms with Gasteiger partial charge in [-0.2, -0.15) is 4.31 Å². The number of fused-ring (bicyclic) bond motifs is 1. The Morgan fingerprint density at radius 3 is 2.62 bits per heavy atom. The SMILES string of the molecule is CN(C(=O)C1CCN(S(=O)(=O)c2cccnc2Cl)CC1)c1nc2ccccc2s1. The highest BCUT2D eigenvalue weighted by Gasteiger charge is 2.35. The molecule has 1 saturated heterocycles. The number of para-hydroxylation sites is 1. The Labute approximate surface area is 178 Å². The summed E-state index contributed by atoms with van der Waals surface area (Å²) >= 11 is 7.43. The first-order chi connectivity index (χ1) is 13.9. The lowest BCUT2D eigenvalue weighted by molar-refractivity contribution is -0.123. The van der Waals surface area contributed by atoms with Crippen LogP contribution in [0, 0.1) is 5.92 Å². The fourth-order valence-corrected chi connectivity index (χ4v) is 6.25. The molecule has 3 heterocycles. The molecule has 1 aromatic carbocycles. The largest absolute Gasteiger partial charge is 0.291 e. The third-order valence-corrected chi connectivity index (χ3v) is 8.50. The number of aromatic nitrogens is 2. The maximum absolute atomic E-state index is 12.9. The summed E-state index contributed by atoms with van der Waals surface area (Å²) in [6.07, 6.45) is 2.35. The molecule has 152 valence electrons. The number of amides is 1. The Morgan fingerprint density at radius 2 is 1.93 bits per heavy atom. The van der Waals surface area contributed by atoms with Crippen LogP contribution in [0.2, 0.25) is 5.15 Å². The topological polar surface area (TPSA) is 83.5 Å². The molecule has 29 heavy (non-hydrogen) atoms. The Balaban J connectivity index is 1.45. The summed E-state index contributed by atoms with van der Waals surface area (Å²) in [5, 5.41) is 0.606. The minimum atomic E-state index is -3.73. The van der Waals surface area contributed by atoms with Gasteiger partial charge in [0.2, 0.25) is 15.9 Å². The van der Waals surface area contributed by atoms with Gasteiger partial charge in [0.1, 0.15) is 10.0 Å². The van der Waals surface area contributed by atoms with Gasteiger partial charge in [0.05, 0.1) is 10.2 Å². The first-order valence-corrected chi connectivity index (χ1v) is 11.7. The summed E-state index contributed by atoms with van der Waals surface area (Å²) in [6, 6.07) is 10.7. The molecule has 0 radical (unpaired) electrons. The number of hydrogen-bond acceptors (Lipinski definition) is 6. The fraction of sp³-hybridized carbons (Fsp3) is 0.316. The van der Waals surface area contributed by atoms with E-state index < -0.39 is 10.0 Å².